The van der Waals surface area contributed by atoms with E-state index < -0.39 is 11.8 Å². The van der Waals surface area contributed by atoms with Crippen LogP contribution in [0.15, 0.2) is 30.3 Å². The molecule has 4 nitrogen and oxygen atoms in total. The summed E-state index contributed by atoms with van der Waals surface area (Å²) in [6.07, 6.45) is 0. The Kier molecular flexibility index (Phi) is 6.04. The molecule has 0 unspecified atom stereocenters. The van der Waals surface area contributed by atoms with Crippen LogP contribution in [0.4, 0.5) is 14.9 Å². The van der Waals surface area contributed by atoms with Crippen molar-refractivity contribution >= 4 is 23.3 Å². The molecular formula is C18H20ClFN2O2. The van der Waals surface area contributed by atoms with Crippen molar-refractivity contribution in [3.63, 3.8) is 0 Å². The maximum Gasteiger partial charge on any atom is 0.319 e. The van der Waals surface area contributed by atoms with E-state index in [0.29, 0.717) is 18.8 Å². The van der Waals surface area contributed by atoms with Crippen LogP contribution in [0.1, 0.15) is 16.7 Å². The number of halogens is 2. The Morgan fingerprint density at radius 1 is 1.12 bits per heavy atom. The van der Waals surface area contributed by atoms with Gasteiger partial charge in [-0.2, -0.15) is 0 Å². The van der Waals surface area contributed by atoms with Crippen molar-refractivity contribution in [1.82, 2.24) is 5.32 Å². The number of amides is 2. The summed E-state index contributed by atoms with van der Waals surface area (Å²) >= 11 is 5.66. The highest BCUT2D eigenvalue weighted by Gasteiger charge is 2.06. The van der Waals surface area contributed by atoms with Crippen LogP contribution >= 0.6 is 11.6 Å². The molecular weight excluding hydrogens is 331 g/mol. The lowest BCUT2D eigenvalue weighted by Crippen LogP contribution is -2.32. The van der Waals surface area contributed by atoms with Crippen LogP contribution in [-0.2, 0) is 0 Å². The lowest BCUT2D eigenvalue weighted by molar-refractivity contribution is 0.247. The molecule has 2 aromatic rings. The number of carbonyl (C=O) groups excluding carboxylic acids is 1. The third kappa shape index (κ3) is 4.86. The van der Waals surface area contributed by atoms with Crippen molar-refractivity contribution in [1.29, 1.82) is 0 Å². The normalized spacial score (nSPS) is 10.4. The number of benzene rings is 2. The molecule has 128 valence electrons. The summed E-state index contributed by atoms with van der Waals surface area (Å²) in [5.74, 6) is 0.283. The van der Waals surface area contributed by atoms with Crippen molar-refractivity contribution in [2.24, 2.45) is 0 Å². The highest BCUT2D eigenvalue weighted by atomic mass is 35.5. The van der Waals surface area contributed by atoms with E-state index >= 15 is 0 Å². The predicted octanol–water partition coefficient (Wildman–Crippen LogP) is 4.60. The Bertz CT molecular complexity index is 750. The van der Waals surface area contributed by atoms with Crippen LogP contribution in [0, 0.1) is 26.6 Å². The van der Waals surface area contributed by atoms with Crippen LogP contribution in [0.25, 0.3) is 0 Å². The zero-order valence-corrected chi connectivity index (χ0v) is 14.6. The molecule has 0 radical (unpaired) electrons. The maximum absolute atomic E-state index is 13.1. The molecule has 0 heterocycles. The van der Waals surface area contributed by atoms with Gasteiger partial charge >= 0.3 is 6.03 Å². The zero-order valence-electron chi connectivity index (χ0n) is 13.9. The maximum atomic E-state index is 13.1. The Labute approximate surface area is 146 Å². The largest absolute Gasteiger partial charge is 0.491 e. The van der Waals surface area contributed by atoms with Gasteiger partial charge in [0.25, 0.3) is 0 Å². The van der Waals surface area contributed by atoms with E-state index in [0.717, 1.165) is 16.9 Å². The number of ether oxygens (including phenoxy) is 1. The molecule has 2 N–H and O–H groups in total. The molecule has 0 aliphatic rings. The molecule has 0 bridgehead atoms. The van der Waals surface area contributed by atoms with E-state index in [-0.39, 0.29) is 5.02 Å². The van der Waals surface area contributed by atoms with Gasteiger partial charge in [0.15, 0.2) is 0 Å². The first-order chi connectivity index (χ1) is 11.4. The monoisotopic (exact) mass is 350 g/mol. The fraction of sp³-hybridized carbons (Fsp3) is 0.278. The number of rotatable bonds is 5. The smallest absolute Gasteiger partial charge is 0.319 e. The van der Waals surface area contributed by atoms with Gasteiger partial charge < -0.3 is 15.4 Å². The third-order valence-corrected chi connectivity index (χ3v) is 3.90. The standard InChI is InChI=1S/C18H20ClFN2O2/c1-11-8-13(3)17(9-12(11)2)24-7-6-21-18(23)22-14-4-5-16(20)15(19)10-14/h4-5,8-10H,6-7H2,1-3H3,(H2,21,22,23). The second kappa shape index (κ2) is 8.02. The summed E-state index contributed by atoms with van der Waals surface area (Å²) in [7, 11) is 0. The average Bonchev–Trinajstić information content (AvgIpc) is 2.52. The van der Waals surface area contributed by atoms with Gasteiger partial charge in [-0.3, -0.25) is 0 Å². The lowest BCUT2D eigenvalue weighted by Gasteiger charge is -2.12. The van der Waals surface area contributed by atoms with Crippen LogP contribution < -0.4 is 15.4 Å². The molecule has 24 heavy (non-hydrogen) atoms. The van der Waals surface area contributed by atoms with Crippen molar-refractivity contribution in [3.8, 4) is 5.75 Å². The molecule has 0 fully saturated rings. The van der Waals surface area contributed by atoms with Gasteiger partial charge in [0.2, 0.25) is 0 Å². The van der Waals surface area contributed by atoms with E-state index in [1.54, 1.807) is 0 Å². The minimum atomic E-state index is -0.528. The van der Waals surface area contributed by atoms with Crippen molar-refractivity contribution in [2.45, 2.75) is 20.8 Å². The van der Waals surface area contributed by atoms with E-state index in [9.17, 15) is 9.18 Å². The summed E-state index contributed by atoms with van der Waals surface area (Å²) in [5.41, 5.74) is 3.86. The van der Waals surface area contributed by atoms with Crippen LogP contribution in [0.3, 0.4) is 0 Å². The molecule has 0 aliphatic heterocycles. The first kappa shape index (κ1) is 18.1. The molecule has 0 saturated carbocycles. The van der Waals surface area contributed by atoms with E-state index in [2.05, 4.69) is 23.6 Å². The molecule has 6 heteroatoms. The number of carbonyl (C=O) groups is 1. The second-order valence-electron chi connectivity index (χ2n) is 5.56. The van der Waals surface area contributed by atoms with Gasteiger partial charge in [-0.05, 0) is 61.7 Å². The SMILES string of the molecule is Cc1cc(C)c(OCCNC(=O)Nc2ccc(F)c(Cl)c2)cc1C. The fourth-order valence-corrected chi connectivity index (χ4v) is 2.34. The molecule has 0 atom stereocenters. The molecule has 0 spiro atoms. The van der Waals surface area contributed by atoms with Crippen molar-refractivity contribution in [3.05, 3.63) is 57.9 Å². The summed E-state index contributed by atoms with van der Waals surface area (Å²) in [6.45, 7) is 6.76. The van der Waals surface area contributed by atoms with Gasteiger partial charge in [0.1, 0.15) is 18.2 Å². The minimum Gasteiger partial charge on any atom is -0.491 e. The molecule has 0 aromatic heterocycles. The Balaban J connectivity index is 1.78. The number of urea groups is 1. The third-order valence-electron chi connectivity index (χ3n) is 3.61. The summed E-state index contributed by atoms with van der Waals surface area (Å²) in [6, 6.07) is 7.65. The number of anilines is 1. The number of nitrogens with one attached hydrogen (secondary N) is 2. The van der Waals surface area contributed by atoms with Gasteiger partial charge in [-0.1, -0.05) is 17.7 Å². The lowest BCUT2D eigenvalue weighted by atomic mass is 10.1. The topological polar surface area (TPSA) is 50.4 Å². The number of hydrogen-bond acceptors (Lipinski definition) is 2. The Morgan fingerprint density at radius 2 is 1.83 bits per heavy atom. The second-order valence-corrected chi connectivity index (χ2v) is 5.97. The number of aryl methyl sites for hydroxylation is 3. The average molecular weight is 351 g/mol. The van der Waals surface area contributed by atoms with Crippen molar-refractivity contribution < 1.29 is 13.9 Å². The van der Waals surface area contributed by atoms with E-state index in [1.807, 2.05) is 19.9 Å². The van der Waals surface area contributed by atoms with Gasteiger partial charge in [-0.25, -0.2) is 9.18 Å². The van der Waals surface area contributed by atoms with E-state index in [4.69, 9.17) is 16.3 Å². The highest BCUT2D eigenvalue weighted by molar-refractivity contribution is 6.31. The van der Waals surface area contributed by atoms with Crippen LogP contribution in [0.5, 0.6) is 5.75 Å². The molecule has 0 aliphatic carbocycles. The van der Waals surface area contributed by atoms with Gasteiger partial charge in [-0.15, -0.1) is 0 Å². The number of hydrogen-bond donors (Lipinski definition) is 2. The highest BCUT2D eigenvalue weighted by Crippen LogP contribution is 2.22. The molecule has 2 rings (SSSR count). The zero-order chi connectivity index (χ0) is 17.7. The van der Waals surface area contributed by atoms with E-state index in [1.165, 1.54) is 23.8 Å². The first-order valence-corrected chi connectivity index (χ1v) is 7.95. The quantitative estimate of drug-likeness (QED) is 0.774. The fourth-order valence-electron chi connectivity index (χ4n) is 2.16. The predicted molar refractivity (Wildman–Crippen MR) is 94.6 cm³/mol. The molecule has 2 amide bonds. The molecule has 2 aromatic carbocycles. The first-order valence-electron chi connectivity index (χ1n) is 7.57. The Hall–Kier alpha value is -2.27. The van der Waals surface area contributed by atoms with Crippen LogP contribution in [-0.4, -0.2) is 19.2 Å². The molecule has 0 saturated heterocycles. The minimum absolute atomic E-state index is 0.0404. The van der Waals surface area contributed by atoms with Gasteiger partial charge in [0, 0.05) is 5.69 Å². The Morgan fingerprint density at radius 3 is 2.54 bits per heavy atom. The van der Waals surface area contributed by atoms with Crippen molar-refractivity contribution in [2.75, 3.05) is 18.5 Å². The summed E-state index contributed by atoms with van der Waals surface area (Å²) < 4.78 is 18.7. The summed E-state index contributed by atoms with van der Waals surface area (Å²) in [5, 5.41) is 5.21. The summed E-state index contributed by atoms with van der Waals surface area (Å²) in [4.78, 5) is 11.8. The van der Waals surface area contributed by atoms with Gasteiger partial charge in [0.05, 0.1) is 11.6 Å². The van der Waals surface area contributed by atoms with Crippen LogP contribution in [0.2, 0.25) is 5.02 Å².